The molecular weight excluding hydrogens is 319 g/mol. The third-order valence-corrected chi connectivity index (χ3v) is 3.55. The second-order valence-electron chi connectivity index (χ2n) is 5.51. The maximum Gasteiger partial charge on any atom is 0.267 e. The average molecular weight is 340 g/mol. The zero-order chi connectivity index (χ0) is 18.1. The summed E-state index contributed by atoms with van der Waals surface area (Å²) in [4.78, 5) is 24.7. The highest BCUT2D eigenvalue weighted by atomic mass is 19.1. The lowest BCUT2D eigenvalue weighted by molar-refractivity contribution is -0.117. The van der Waals surface area contributed by atoms with E-state index < -0.39 is 17.6 Å². The van der Waals surface area contributed by atoms with E-state index in [1.807, 2.05) is 6.92 Å². The molecule has 0 radical (unpaired) electrons. The Morgan fingerprint density at radius 3 is 2.40 bits per heavy atom. The van der Waals surface area contributed by atoms with Crippen LogP contribution >= 0.6 is 0 Å². The average Bonchev–Trinajstić information content (AvgIpc) is 2.63. The summed E-state index contributed by atoms with van der Waals surface area (Å²) in [6.45, 7) is 2.50. The Hall–Kier alpha value is -2.95. The Balaban J connectivity index is 2.24. The lowest BCUT2D eigenvalue weighted by Gasteiger charge is -2.11. The molecule has 0 heterocycles. The predicted molar refractivity (Wildman–Crippen MR) is 96.2 cm³/mol. The van der Waals surface area contributed by atoms with Crippen LogP contribution in [0.5, 0.6) is 0 Å². The van der Waals surface area contributed by atoms with E-state index in [4.69, 9.17) is 0 Å². The molecule has 0 aliphatic heterocycles. The molecular formula is C20H21FN2O2. The van der Waals surface area contributed by atoms with Gasteiger partial charge in [0.15, 0.2) is 0 Å². The van der Waals surface area contributed by atoms with Crippen molar-refractivity contribution in [2.75, 3.05) is 6.54 Å². The minimum Gasteiger partial charge on any atom is -0.351 e. The fourth-order valence-corrected chi connectivity index (χ4v) is 2.16. The molecule has 2 N–H and O–H groups in total. The molecule has 0 fully saturated rings. The van der Waals surface area contributed by atoms with E-state index in [1.54, 1.807) is 48.5 Å². The third kappa shape index (κ3) is 5.57. The van der Waals surface area contributed by atoms with Gasteiger partial charge in [-0.05, 0) is 30.7 Å². The van der Waals surface area contributed by atoms with E-state index in [-0.39, 0.29) is 11.3 Å². The minimum absolute atomic E-state index is 0.00931. The van der Waals surface area contributed by atoms with Crippen LogP contribution in [0, 0.1) is 5.82 Å². The summed E-state index contributed by atoms with van der Waals surface area (Å²) >= 11 is 0. The molecule has 0 bridgehead atoms. The van der Waals surface area contributed by atoms with Crippen LogP contribution in [-0.2, 0) is 4.79 Å². The molecule has 0 aromatic heterocycles. The standard InChI is InChI=1S/C20H21FN2O2/c1-2-3-13-22-20(25)18(14-16-11-7-8-12-17(16)21)23-19(24)15-9-5-4-6-10-15/h4-12,14H,2-3,13H2,1H3,(H,22,25)(H,23,24)/b18-14+. The maximum absolute atomic E-state index is 13.9. The summed E-state index contributed by atoms with van der Waals surface area (Å²) in [6.07, 6.45) is 3.10. The first-order valence-corrected chi connectivity index (χ1v) is 8.22. The molecule has 0 aliphatic carbocycles. The van der Waals surface area contributed by atoms with Gasteiger partial charge in [-0.1, -0.05) is 49.7 Å². The Morgan fingerprint density at radius 2 is 1.72 bits per heavy atom. The molecule has 2 aromatic rings. The molecule has 0 saturated carbocycles. The van der Waals surface area contributed by atoms with E-state index in [0.717, 1.165) is 12.8 Å². The Kier molecular flexibility index (Phi) is 6.89. The van der Waals surface area contributed by atoms with Crippen molar-refractivity contribution < 1.29 is 14.0 Å². The normalized spacial score (nSPS) is 11.0. The van der Waals surface area contributed by atoms with E-state index >= 15 is 0 Å². The minimum atomic E-state index is -0.463. The number of hydrogen-bond donors (Lipinski definition) is 2. The molecule has 2 amide bonds. The van der Waals surface area contributed by atoms with Crippen molar-refractivity contribution in [3.63, 3.8) is 0 Å². The molecule has 0 unspecified atom stereocenters. The first-order chi connectivity index (χ1) is 12.1. The molecule has 25 heavy (non-hydrogen) atoms. The van der Waals surface area contributed by atoms with Crippen molar-refractivity contribution in [3.8, 4) is 0 Å². The first kappa shape index (κ1) is 18.4. The van der Waals surface area contributed by atoms with Crippen LogP contribution in [0.15, 0.2) is 60.3 Å². The Labute approximate surface area is 146 Å². The predicted octanol–water partition coefficient (Wildman–Crippen LogP) is 3.51. The highest BCUT2D eigenvalue weighted by Crippen LogP contribution is 2.11. The van der Waals surface area contributed by atoms with Crippen LogP contribution < -0.4 is 10.6 Å². The number of nitrogens with one attached hydrogen (secondary N) is 2. The van der Waals surface area contributed by atoms with Gasteiger partial charge < -0.3 is 10.6 Å². The summed E-state index contributed by atoms with van der Waals surface area (Å²) in [7, 11) is 0. The summed E-state index contributed by atoms with van der Waals surface area (Å²) < 4.78 is 13.9. The smallest absolute Gasteiger partial charge is 0.267 e. The highest BCUT2D eigenvalue weighted by Gasteiger charge is 2.15. The number of unbranched alkanes of at least 4 members (excludes halogenated alkanes) is 1. The van der Waals surface area contributed by atoms with Gasteiger partial charge in [-0.3, -0.25) is 9.59 Å². The number of carbonyl (C=O) groups excluding carboxylic acids is 2. The third-order valence-electron chi connectivity index (χ3n) is 3.55. The summed E-state index contributed by atoms with van der Waals surface area (Å²) in [5, 5.41) is 5.31. The molecule has 2 aromatic carbocycles. The molecule has 4 nitrogen and oxygen atoms in total. The summed E-state index contributed by atoms with van der Waals surface area (Å²) in [5.41, 5.74) is 0.662. The molecule has 0 aliphatic rings. The first-order valence-electron chi connectivity index (χ1n) is 8.22. The lowest BCUT2D eigenvalue weighted by Crippen LogP contribution is -2.35. The van der Waals surface area contributed by atoms with Gasteiger partial charge in [0.05, 0.1) is 0 Å². The Bertz CT molecular complexity index is 757. The van der Waals surface area contributed by atoms with Crippen LogP contribution in [0.4, 0.5) is 4.39 Å². The van der Waals surface area contributed by atoms with Gasteiger partial charge in [-0.25, -0.2) is 4.39 Å². The number of rotatable bonds is 7. The monoisotopic (exact) mass is 340 g/mol. The van der Waals surface area contributed by atoms with Crippen LogP contribution in [0.3, 0.4) is 0 Å². The van der Waals surface area contributed by atoms with Gasteiger partial charge in [-0.2, -0.15) is 0 Å². The zero-order valence-corrected chi connectivity index (χ0v) is 14.1. The SMILES string of the molecule is CCCCNC(=O)/C(=C\c1ccccc1F)NC(=O)c1ccccc1. The van der Waals surface area contributed by atoms with Crippen molar-refractivity contribution in [1.82, 2.24) is 10.6 Å². The Morgan fingerprint density at radius 1 is 1.04 bits per heavy atom. The van der Waals surface area contributed by atoms with Gasteiger partial charge in [0.1, 0.15) is 11.5 Å². The molecule has 0 atom stereocenters. The van der Waals surface area contributed by atoms with Crippen molar-refractivity contribution in [3.05, 3.63) is 77.2 Å². The van der Waals surface area contributed by atoms with E-state index in [0.29, 0.717) is 12.1 Å². The fourth-order valence-electron chi connectivity index (χ4n) is 2.16. The van der Waals surface area contributed by atoms with Gasteiger partial charge >= 0.3 is 0 Å². The van der Waals surface area contributed by atoms with E-state index in [9.17, 15) is 14.0 Å². The van der Waals surface area contributed by atoms with Gasteiger partial charge in [-0.15, -0.1) is 0 Å². The number of amides is 2. The van der Waals surface area contributed by atoms with Crippen LogP contribution in [0.2, 0.25) is 0 Å². The largest absolute Gasteiger partial charge is 0.351 e. The van der Waals surface area contributed by atoms with E-state index in [2.05, 4.69) is 10.6 Å². The van der Waals surface area contributed by atoms with Crippen molar-refractivity contribution >= 4 is 17.9 Å². The topological polar surface area (TPSA) is 58.2 Å². The van der Waals surface area contributed by atoms with Crippen molar-refractivity contribution in [2.24, 2.45) is 0 Å². The van der Waals surface area contributed by atoms with Crippen molar-refractivity contribution in [2.45, 2.75) is 19.8 Å². The quantitative estimate of drug-likeness (QED) is 0.598. The van der Waals surface area contributed by atoms with Gasteiger partial charge in [0, 0.05) is 17.7 Å². The summed E-state index contributed by atoms with van der Waals surface area (Å²) in [5.74, 6) is -1.33. The van der Waals surface area contributed by atoms with Gasteiger partial charge in [0.25, 0.3) is 11.8 Å². The molecule has 2 rings (SSSR count). The van der Waals surface area contributed by atoms with Crippen LogP contribution in [0.25, 0.3) is 6.08 Å². The van der Waals surface area contributed by atoms with Gasteiger partial charge in [0.2, 0.25) is 0 Å². The summed E-state index contributed by atoms with van der Waals surface area (Å²) in [6, 6.07) is 14.6. The molecule has 0 spiro atoms. The second-order valence-corrected chi connectivity index (χ2v) is 5.51. The molecule has 5 heteroatoms. The number of carbonyl (C=O) groups is 2. The van der Waals surface area contributed by atoms with Crippen molar-refractivity contribution in [1.29, 1.82) is 0 Å². The maximum atomic E-state index is 13.9. The molecule has 130 valence electrons. The number of hydrogen-bond acceptors (Lipinski definition) is 2. The molecule has 0 saturated heterocycles. The highest BCUT2D eigenvalue weighted by molar-refractivity contribution is 6.05. The van der Waals surface area contributed by atoms with E-state index in [1.165, 1.54) is 12.1 Å². The van der Waals surface area contributed by atoms with Crippen LogP contribution in [-0.4, -0.2) is 18.4 Å². The van der Waals surface area contributed by atoms with Crippen LogP contribution in [0.1, 0.15) is 35.7 Å². The second kappa shape index (κ2) is 9.37. The zero-order valence-electron chi connectivity index (χ0n) is 14.1. The number of benzene rings is 2. The number of halogens is 1. The fraction of sp³-hybridized carbons (Fsp3) is 0.200. The lowest BCUT2D eigenvalue weighted by atomic mass is 10.1.